The van der Waals surface area contributed by atoms with Gasteiger partial charge in [-0.25, -0.2) is 4.42 Å². The van der Waals surface area contributed by atoms with E-state index in [-0.39, 0.29) is 5.75 Å². The lowest BCUT2D eigenvalue weighted by Gasteiger charge is -2.04. The molecule has 29 heavy (non-hydrogen) atoms. The van der Waals surface area contributed by atoms with Gasteiger partial charge >= 0.3 is 11.5 Å². The minimum atomic E-state index is 0.236. The van der Waals surface area contributed by atoms with Crippen LogP contribution in [0.2, 0.25) is 0 Å². The summed E-state index contributed by atoms with van der Waals surface area (Å²) < 4.78 is 16.8. The number of hydrogen-bond donors (Lipinski definition) is 1. The lowest BCUT2D eigenvalue weighted by molar-refractivity contribution is 0.415. The molecule has 0 amide bonds. The lowest BCUT2D eigenvalue weighted by atomic mass is 10.0. The maximum Gasteiger partial charge on any atom is 0.361 e. The predicted molar refractivity (Wildman–Crippen MR) is 114 cm³/mol. The fraction of sp³-hybridized carbons (Fsp3) is 0.0800. The van der Waals surface area contributed by atoms with E-state index >= 15 is 0 Å². The molecule has 0 fully saturated rings. The molecule has 4 nitrogen and oxygen atoms in total. The van der Waals surface area contributed by atoms with Gasteiger partial charge in [-0.3, -0.25) is 0 Å². The Bertz CT molecular complexity index is 1030. The highest BCUT2D eigenvalue weighted by Gasteiger charge is 2.21. The fourth-order valence-corrected chi connectivity index (χ4v) is 3.12. The van der Waals surface area contributed by atoms with Crippen molar-refractivity contribution in [3.63, 3.8) is 0 Å². The SMILES string of the molecule is COc1ccc(-c2cc(-c3ccc(O)cc3)cc(-c3ccc(OC)cc3)[o+]2)cc1. The van der Waals surface area contributed by atoms with Crippen LogP contribution in [0.4, 0.5) is 0 Å². The molecular weight excluding hydrogens is 364 g/mol. The third-order valence-electron chi connectivity index (χ3n) is 4.74. The second-order valence-electron chi connectivity index (χ2n) is 6.58. The summed E-state index contributed by atoms with van der Waals surface area (Å²) in [7, 11) is 3.29. The second-order valence-corrected chi connectivity index (χ2v) is 6.58. The monoisotopic (exact) mass is 385 g/mol. The van der Waals surface area contributed by atoms with E-state index in [0.29, 0.717) is 0 Å². The van der Waals surface area contributed by atoms with E-state index in [2.05, 4.69) is 0 Å². The Hall–Kier alpha value is -3.79. The van der Waals surface area contributed by atoms with Crippen LogP contribution in [0.5, 0.6) is 17.2 Å². The molecule has 1 aromatic heterocycles. The Morgan fingerprint density at radius 1 is 0.552 bits per heavy atom. The first kappa shape index (κ1) is 18.6. The minimum Gasteiger partial charge on any atom is -0.508 e. The molecular formula is C25H21O4+. The fourth-order valence-electron chi connectivity index (χ4n) is 3.12. The van der Waals surface area contributed by atoms with Crippen LogP contribution in [0.3, 0.4) is 0 Å². The van der Waals surface area contributed by atoms with Gasteiger partial charge in [0.1, 0.15) is 17.2 Å². The van der Waals surface area contributed by atoms with E-state index in [1.165, 1.54) is 0 Å². The van der Waals surface area contributed by atoms with Crippen molar-refractivity contribution in [2.45, 2.75) is 0 Å². The van der Waals surface area contributed by atoms with E-state index in [1.807, 2.05) is 72.8 Å². The first-order chi connectivity index (χ1) is 14.2. The molecule has 0 atom stereocenters. The number of ether oxygens (including phenoxy) is 2. The van der Waals surface area contributed by atoms with Crippen LogP contribution < -0.4 is 9.47 Å². The van der Waals surface area contributed by atoms with Gasteiger partial charge in [-0.05, 0) is 66.2 Å². The third kappa shape index (κ3) is 4.06. The molecule has 4 heteroatoms. The zero-order chi connectivity index (χ0) is 20.2. The number of aromatic hydroxyl groups is 1. The van der Waals surface area contributed by atoms with Gasteiger partial charge in [0.15, 0.2) is 0 Å². The summed E-state index contributed by atoms with van der Waals surface area (Å²) in [4.78, 5) is 0. The molecule has 0 aliphatic heterocycles. The van der Waals surface area contributed by atoms with E-state index in [9.17, 15) is 5.11 Å². The van der Waals surface area contributed by atoms with Gasteiger partial charge in [-0.2, -0.15) is 0 Å². The molecule has 0 aliphatic rings. The summed E-state index contributed by atoms with van der Waals surface area (Å²) in [5.41, 5.74) is 3.87. The zero-order valence-corrected chi connectivity index (χ0v) is 16.3. The van der Waals surface area contributed by atoms with Gasteiger partial charge < -0.3 is 14.6 Å². The molecule has 0 radical (unpaired) electrons. The minimum absolute atomic E-state index is 0.236. The number of phenols is 1. The smallest absolute Gasteiger partial charge is 0.361 e. The van der Waals surface area contributed by atoms with E-state index in [4.69, 9.17) is 13.9 Å². The normalized spacial score (nSPS) is 10.6. The van der Waals surface area contributed by atoms with Gasteiger partial charge in [-0.15, -0.1) is 0 Å². The number of phenolic OH excluding ortho intramolecular Hbond substituents is 1. The first-order valence-corrected chi connectivity index (χ1v) is 9.23. The van der Waals surface area contributed by atoms with Crippen LogP contribution in [0.1, 0.15) is 0 Å². The topological polar surface area (TPSA) is 50.0 Å². The van der Waals surface area contributed by atoms with E-state index in [0.717, 1.165) is 45.3 Å². The van der Waals surface area contributed by atoms with Gasteiger partial charge in [-0.1, -0.05) is 12.1 Å². The van der Waals surface area contributed by atoms with Crippen molar-refractivity contribution in [2.24, 2.45) is 0 Å². The average molecular weight is 385 g/mol. The predicted octanol–water partition coefficient (Wildman–Crippen LogP) is 6.28. The third-order valence-corrected chi connectivity index (χ3v) is 4.74. The Kier molecular flexibility index (Phi) is 5.16. The molecule has 4 rings (SSSR count). The maximum atomic E-state index is 9.63. The highest BCUT2D eigenvalue weighted by atomic mass is 16.5. The molecule has 1 heterocycles. The van der Waals surface area contributed by atoms with Crippen LogP contribution >= 0.6 is 0 Å². The molecule has 0 unspecified atom stereocenters. The molecule has 0 bridgehead atoms. The molecule has 0 saturated heterocycles. The number of methoxy groups -OCH3 is 2. The van der Waals surface area contributed by atoms with Crippen LogP contribution in [-0.2, 0) is 0 Å². The van der Waals surface area contributed by atoms with Gasteiger partial charge in [0.05, 0.1) is 37.5 Å². The van der Waals surface area contributed by atoms with Crippen molar-refractivity contribution in [3.05, 3.63) is 84.9 Å². The molecule has 0 saturated carbocycles. The van der Waals surface area contributed by atoms with E-state index in [1.54, 1.807) is 26.4 Å². The molecule has 1 N–H and O–H groups in total. The zero-order valence-electron chi connectivity index (χ0n) is 16.3. The van der Waals surface area contributed by atoms with Crippen molar-refractivity contribution in [1.82, 2.24) is 0 Å². The highest BCUT2D eigenvalue weighted by molar-refractivity contribution is 5.75. The first-order valence-electron chi connectivity index (χ1n) is 9.23. The van der Waals surface area contributed by atoms with Crippen molar-refractivity contribution < 1.29 is 19.0 Å². The van der Waals surface area contributed by atoms with Crippen molar-refractivity contribution in [2.75, 3.05) is 14.2 Å². The maximum absolute atomic E-state index is 9.63. The quantitative estimate of drug-likeness (QED) is 0.411. The Labute approximate surface area is 169 Å². The van der Waals surface area contributed by atoms with Crippen molar-refractivity contribution in [3.8, 4) is 51.0 Å². The van der Waals surface area contributed by atoms with Gasteiger partial charge in [0.25, 0.3) is 0 Å². The van der Waals surface area contributed by atoms with Crippen molar-refractivity contribution in [1.29, 1.82) is 0 Å². The Morgan fingerprint density at radius 2 is 0.966 bits per heavy atom. The molecule has 144 valence electrons. The lowest BCUT2D eigenvalue weighted by Crippen LogP contribution is -1.88. The molecule has 3 aromatic carbocycles. The summed E-state index contributed by atoms with van der Waals surface area (Å²) in [6, 6.07) is 26.6. The summed E-state index contributed by atoms with van der Waals surface area (Å²) in [6.45, 7) is 0. The number of hydrogen-bond acceptors (Lipinski definition) is 3. The van der Waals surface area contributed by atoms with E-state index < -0.39 is 0 Å². The second kappa shape index (κ2) is 8.07. The number of rotatable bonds is 5. The summed E-state index contributed by atoms with van der Waals surface area (Å²) in [5.74, 6) is 3.30. The summed E-state index contributed by atoms with van der Waals surface area (Å²) >= 11 is 0. The van der Waals surface area contributed by atoms with Crippen molar-refractivity contribution >= 4 is 0 Å². The standard InChI is InChI=1S/C25H20O4/c1-27-22-11-5-18(6-12-22)24-15-20(17-3-9-21(26)10-4-17)16-25(29-24)19-7-13-23(28-2)14-8-19/h3-16H,1-2H3/p+1. The molecule has 0 spiro atoms. The molecule has 4 aromatic rings. The average Bonchev–Trinajstić information content (AvgIpc) is 2.79. The summed E-state index contributed by atoms with van der Waals surface area (Å²) in [6.07, 6.45) is 0. The van der Waals surface area contributed by atoms with Crippen LogP contribution in [0, 0.1) is 0 Å². The van der Waals surface area contributed by atoms with Crippen LogP contribution in [0.25, 0.3) is 33.8 Å². The highest BCUT2D eigenvalue weighted by Crippen LogP contribution is 2.34. The van der Waals surface area contributed by atoms with Crippen LogP contribution in [0.15, 0.2) is 89.3 Å². The van der Waals surface area contributed by atoms with Crippen LogP contribution in [-0.4, -0.2) is 19.3 Å². The number of benzene rings is 3. The van der Waals surface area contributed by atoms with Gasteiger partial charge in [0.2, 0.25) is 0 Å². The Balaban J connectivity index is 1.84. The summed E-state index contributed by atoms with van der Waals surface area (Å²) in [5, 5.41) is 9.63. The largest absolute Gasteiger partial charge is 0.508 e. The molecule has 0 aliphatic carbocycles. The Morgan fingerprint density at radius 3 is 1.38 bits per heavy atom. The van der Waals surface area contributed by atoms with Gasteiger partial charge in [0, 0.05) is 5.56 Å².